The van der Waals surface area contributed by atoms with Crippen LogP contribution in [0.15, 0.2) is 53.4 Å². The third-order valence-electron chi connectivity index (χ3n) is 3.00. The largest absolute Gasteiger partial charge is 0.281 e. The van der Waals surface area contributed by atoms with Crippen molar-refractivity contribution >= 4 is 10.0 Å². The lowest BCUT2D eigenvalue weighted by atomic mass is 10.0. The second kappa shape index (κ2) is 6.20. The van der Waals surface area contributed by atoms with E-state index in [1.54, 1.807) is 39.0 Å². The van der Waals surface area contributed by atoms with Gasteiger partial charge in [-0.05, 0) is 39.3 Å². The highest BCUT2D eigenvalue weighted by Crippen LogP contribution is 2.27. The van der Waals surface area contributed by atoms with Crippen LogP contribution < -0.4 is 4.89 Å². The number of hydrogen-bond acceptors (Lipinski definition) is 3. The predicted molar refractivity (Wildman–Crippen MR) is 87.8 cm³/mol. The van der Waals surface area contributed by atoms with Crippen molar-refractivity contribution in [3.8, 4) is 11.1 Å². The third-order valence-corrected chi connectivity index (χ3v) is 4.23. The fraction of sp³-hybridized carbons (Fsp3) is 0.294. The van der Waals surface area contributed by atoms with Gasteiger partial charge in [-0.3, -0.25) is 4.84 Å². The Balaban J connectivity index is 2.42. The summed E-state index contributed by atoms with van der Waals surface area (Å²) in [6.45, 7) is 7.33. The molecule has 0 spiro atoms. The maximum absolute atomic E-state index is 12.5. The van der Waals surface area contributed by atoms with Crippen LogP contribution in [0.2, 0.25) is 0 Å². The molecule has 0 saturated heterocycles. The molecule has 2 rings (SSSR count). The average molecular weight is 319 g/mol. The quantitative estimate of drug-likeness (QED) is 0.875. The molecule has 5 heteroatoms. The summed E-state index contributed by atoms with van der Waals surface area (Å²) in [5, 5.41) is 0. The van der Waals surface area contributed by atoms with E-state index in [0.717, 1.165) is 11.1 Å². The molecule has 0 fully saturated rings. The summed E-state index contributed by atoms with van der Waals surface area (Å²) in [5.41, 5.74) is 2.01. The summed E-state index contributed by atoms with van der Waals surface area (Å²) >= 11 is 0. The summed E-state index contributed by atoms with van der Waals surface area (Å²) in [6.07, 6.45) is 0. The van der Waals surface area contributed by atoms with Crippen LogP contribution in [0.4, 0.5) is 0 Å². The van der Waals surface area contributed by atoms with Crippen molar-refractivity contribution < 1.29 is 13.3 Å². The van der Waals surface area contributed by atoms with Gasteiger partial charge in [0.15, 0.2) is 0 Å². The van der Waals surface area contributed by atoms with Crippen molar-refractivity contribution in [2.75, 3.05) is 0 Å². The molecule has 0 heterocycles. The fourth-order valence-corrected chi connectivity index (χ4v) is 3.08. The van der Waals surface area contributed by atoms with E-state index in [1.807, 2.05) is 37.3 Å². The molecule has 22 heavy (non-hydrogen) atoms. The van der Waals surface area contributed by atoms with Gasteiger partial charge in [0, 0.05) is 5.56 Å². The minimum absolute atomic E-state index is 0.197. The third kappa shape index (κ3) is 4.16. The molecule has 0 saturated carbocycles. The van der Waals surface area contributed by atoms with Gasteiger partial charge in [-0.1, -0.05) is 52.9 Å². The Kier molecular flexibility index (Phi) is 4.70. The van der Waals surface area contributed by atoms with Crippen LogP contribution >= 0.6 is 0 Å². The van der Waals surface area contributed by atoms with E-state index in [4.69, 9.17) is 4.84 Å². The highest BCUT2D eigenvalue weighted by Gasteiger charge is 2.22. The van der Waals surface area contributed by atoms with Crippen LogP contribution in [0.5, 0.6) is 0 Å². The molecule has 0 radical (unpaired) electrons. The van der Waals surface area contributed by atoms with Gasteiger partial charge < -0.3 is 0 Å². The lowest BCUT2D eigenvalue weighted by Gasteiger charge is -2.20. The second-order valence-corrected chi connectivity index (χ2v) is 7.78. The van der Waals surface area contributed by atoms with Crippen LogP contribution in [0, 0.1) is 6.92 Å². The zero-order chi connectivity index (χ0) is 16.4. The van der Waals surface area contributed by atoms with Gasteiger partial charge in [-0.2, -0.15) is 0 Å². The van der Waals surface area contributed by atoms with E-state index < -0.39 is 15.6 Å². The fourth-order valence-electron chi connectivity index (χ4n) is 1.90. The molecule has 2 aromatic carbocycles. The van der Waals surface area contributed by atoms with E-state index in [-0.39, 0.29) is 4.90 Å². The molecular formula is C17H21NO3S. The Bertz CT molecular complexity index is 744. The first-order valence-electron chi connectivity index (χ1n) is 7.05. The van der Waals surface area contributed by atoms with Gasteiger partial charge >= 0.3 is 0 Å². The number of nitrogens with one attached hydrogen (secondary N) is 1. The Labute approximate surface area is 132 Å². The molecule has 2 aromatic rings. The van der Waals surface area contributed by atoms with Crippen LogP contribution in [-0.4, -0.2) is 14.0 Å². The molecule has 0 aromatic heterocycles. The van der Waals surface area contributed by atoms with Crippen LogP contribution in [-0.2, 0) is 14.9 Å². The molecule has 0 atom stereocenters. The van der Waals surface area contributed by atoms with Gasteiger partial charge in [-0.25, -0.2) is 8.42 Å². The number of hydrogen-bond donors (Lipinski definition) is 1. The van der Waals surface area contributed by atoms with Gasteiger partial charge in [0.1, 0.15) is 0 Å². The predicted octanol–water partition coefficient (Wildman–Crippen LogP) is 3.67. The van der Waals surface area contributed by atoms with E-state index >= 15 is 0 Å². The van der Waals surface area contributed by atoms with Crippen molar-refractivity contribution in [3.63, 3.8) is 0 Å². The molecule has 0 amide bonds. The first-order chi connectivity index (χ1) is 10.2. The minimum atomic E-state index is -3.75. The highest BCUT2D eigenvalue weighted by molar-refractivity contribution is 7.89. The average Bonchev–Trinajstić information content (AvgIpc) is 2.45. The molecule has 118 valence electrons. The maximum Gasteiger partial charge on any atom is 0.263 e. The molecule has 0 aliphatic carbocycles. The SMILES string of the molecule is Cc1ccc(-c2ccccc2S(=O)(=O)NOC(C)(C)C)cc1. The number of aryl methyl sites for hydroxylation is 1. The Morgan fingerprint density at radius 1 is 0.955 bits per heavy atom. The molecular weight excluding hydrogens is 298 g/mol. The Morgan fingerprint density at radius 2 is 1.55 bits per heavy atom. The smallest absolute Gasteiger partial charge is 0.263 e. The second-order valence-electron chi connectivity index (χ2n) is 6.16. The van der Waals surface area contributed by atoms with Crippen LogP contribution in [0.25, 0.3) is 11.1 Å². The van der Waals surface area contributed by atoms with Crippen molar-refractivity contribution in [1.29, 1.82) is 0 Å². The number of sulfonamides is 1. The molecule has 4 nitrogen and oxygen atoms in total. The van der Waals surface area contributed by atoms with Crippen molar-refractivity contribution in [2.45, 2.75) is 38.2 Å². The first-order valence-corrected chi connectivity index (χ1v) is 8.53. The molecule has 0 aliphatic heterocycles. The van der Waals surface area contributed by atoms with Crippen LogP contribution in [0.1, 0.15) is 26.3 Å². The lowest BCUT2D eigenvalue weighted by molar-refractivity contribution is -0.0357. The Morgan fingerprint density at radius 3 is 2.14 bits per heavy atom. The molecule has 1 N–H and O–H groups in total. The van der Waals surface area contributed by atoms with Gasteiger partial charge in [0.05, 0.1) is 10.5 Å². The van der Waals surface area contributed by atoms with Crippen LogP contribution in [0.3, 0.4) is 0 Å². The number of rotatable bonds is 4. The minimum Gasteiger partial charge on any atom is -0.281 e. The highest BCUT2D eigenvalue weighted by atomic mass is 32.2. The van der Waals surface area contributed by atoms with E-state index in [9.17, 15) is 8.42 Å². The zero-order valence-corrected chi connectivity index (χ0v) is 14.1. The standard InChI is InChI=1S/C17H21NO3S/c1-13-9-11-14(12-10-13)15-7-5-6-8-16(15)22(19,20)18-21-17(2,3)4/h5-12,18H,1-4H3. The van der Waals surface area contributed by atoms with Crippen molar-refractivity contribution in [2.24, 2.45) is 0 Å². The van der Waals surface area contributed by atoms with E-state index in [2.05, 4.69) is 4.89 Å². The van der Waals surface area contributed by atoms with Crippen molar-refractivity contribution in [3.05, 3.63) is 54.1 Å². The summed E-state index contributed by atoms with van der Waals surface area (Å²) in [6, 6.07) is 14.6. The van der Waals surface area contributed by atoms with E-state index in [0.29, 0.717) is 5.56 Å². The zero-order valence-electron chi connectivity index (χ0n) is 13.3. The van der Waals surface area contributed by atoms with Gasteiger partial charge in [-0.15, -0.1) is 0 Å². The topological polar surface area (TPSA) is 55.4 Å². The summed E-state index contributed by atoms with van der Waals surface area (Å²) in [5.74, 6) is 0. The van der Waals surface area contributed by atoms with Gasteiger partial charge in [0.2, 0.25) is 0 Å². The lowest BCUT2D eigenvalue weighted by Crippen LogP contribution is -2.33. The number of benzene rings is 2. The summed E-state index contributed by atoms with van der Waals surface area (Å²) < 4.78 is 25.0. The Hall–Kier alpha value is -1.69. The normalized spacial score (nSPS) is 12.4. The molecule has 0 bridgehead atoms. The van der Waals surface area contributed by atoms with E-state index in [1.165, 1.54) is 0 Å². The monoisotopic (exact) mass is 319 g/mol. The molecule has 0 aliphatic rings. The molecule has 0 unspecified atom stereocenters. The van der Waals surface area contributed by atoms with Crippen molar-refractivity contribution in [1.82, 2.24) is 4.89 Å². The maximum atomic E-state index is 12.5. The summed E-state index contributed by atoms with van der Waals surface area (Å²) in [7, 11) is -3.75. The summed E-state index contributed by atoms with van der Waals surface area (Å²) in [4.78, 5) is 7.63. The first kappa shape index (κ1) is 16.7. The van der Waals surface area contributed by atoms with Gasteiger partial charge in [0.25, 0.3) is 10.0 Å².